The molecule has 88 valence electrons. The molecule has 0 radical (unpaired) electrons. The van der Waals surface area contributed by atoms with Gasteiger partial charge in [-0.05, 0) is 78.7 Å². The molecule has 2 aromatic rings. The summed E-state index contributed by atoms with van der Waals surface area (Å²) in [6.07, 6.45) is 0. The van der Waals surface area contributed by atoms with Crippen LogP contribution in [-0.2, 0) is 0 Å². The molecule has 6 heteroatoms. The van der Waals surface area contributed by atoms with Crippen molar-refractivity contribution in [2.75, 3.05) is 0 Å². The maximum atomic E-state index is 12.4. The monoisotopic (exact) mass is 548 g/mol. The van der Waals surface area contributed by atoms with Crippen LogP contribution < -0.4 is 0 Å². The number of halogens is 4. The zero-order valence-electron chi connectivity index (χ0n) is 8.14. The van der Waals surface area contributed by atoms with E-state index in [0.717, 1.165) is 15.6 Å². The molecule has 0 fully saturated rings. The van der Waals surface area contributed by atoms with E-state index in [1.807, 2.05) is 24.3 Å². The molecule has 0 unspecified atom stereocenters. The lowest BCUT2D eigenvalue weighted by Crippen LogP contribution is -2.03. The number of hydrogen-bond acceptors (Lipinski definition) is 2. The molecule has 2 rings (SSSR count). The van der Waals surface area contributed by atoms with Gasteiger partial charge in [0.05, 0.1) is 7.57 Å². The van der Waals surface area contributed by atoms with Gasteiger partial charge in [-0.3, -0.25) is 4.79 Å². The summed E-state index contributed by atoms with van der Waals surface area (Å²) in [6.45, 7) is 0. The van der Waals surface area contributed by atoms with Crippen molar-refractivity contribution >= 4 is 87.5 Å². The van der Waals surface area contributed by atoms with E-state index >= 15 is 0 Å². The Morgan fingerprint density at radius 2 is 1.82 bits per heavy atom. The van der Waals surface area contributed by atoms with Gasteiger partial charge >= 0.3 is 0 Å². The molecular formula is C11H4Br3IOS. The second-order valence-electron chi connectivity index (χ2n) is 3.19. The predicted molar refractivity (Wildman–Crippen MR) is 90.0 cm³/mol. The summed E-state index contributed by atoms with van der Waals surface area (Å²) in [4.78, 5) is 12.4. The van der Waals surface area contributed by atoms with Crippen molar-refractivity contribution in [3.63, 3.8) is 0 Å². The lowest BCUT2D eigenvalue weighted by atomic mass is 10.1. The third-order valence-corrected chi connectivity index (χ3v) is 5.85. The van der Waals surface area contributed by atoms with Crippen LogP contribution in [-0.4, -0.2) is 5.78 Å². The van der Waals surface area contributed by atoms with Crippen LogP contribution in [0.2, 0.25) is 0 Å². The minimum absolute atomic E-state index is 0.0320. The molecule has 1 heterocycles. The average Bonchev–Trinajstić information content (AvgIpc) is 2.60. The summed E-state index contributed by atoms with van der Waals surface area (Å²) < 4.78 is 3.65. The Morgan fingerprint density at radius 3 is 2.41 bits per heavy atom. The number of benzene rings is 1. The highest BCUT2D eigenvalue weighted by molar-refractivity contribution is 14.1. The second-order valence-corrected chi connectivity index (χ2v) is 9.02. The molecular weight excluding hydrogens is 547 g/mol. The molecule has 1 nitrogen and oxygen atoms in total. The lowest BCUT2D eigenvalue weighted by molar-refractivity contribution is 0.103. The zero-order chi connectivity index (χ0) is 12.6. The minimum atomic E-state index is 0.0320. The summed E-state index contributed by atoms with van der Waals surface area (Å²) >= 11 is 13.9. The van der Waals surface area contributed by atoms with Crippen LogP contribution in [0.15, 0.2) is 36.3 Å². The fourth-order valence-corrected chi connectivity index (χ4v) is 5.05. The number of rotatable bonds is 2. The Bertz CT molecular complexity index is 594. The first-order chi connectivity index (χ1) is 7.99. The van der Waals surface area contributed by atoms with Crippen molar-refractivity contribution in [2.24, 2.45) is 0 Å². The largest absolute Gasteiger partial charge is 0.288 e. The van der Waals surface area contributed by atoms with Crippen LogP contribution in [0.1, 0.15) is 15.9 Å². The summed E-state index contributed by atoms with van der Waals surface area (Å²) in [5, 5.41) is 0. The molecule has 0 atom stereocenters. The molecule has 0 saturated carbocycles. The summed E-state index contributed by atoms with van der Waals surface area (Å²) in [5.74, 6) is 0.0320. The first kappa shape index (κ1) is 14.2. The number of hydrogen-bond donors (Lipinski definition) is 0. The normalized spacial score (nSPS) is 10.6. The third-order valence-electron chi connectivity index (χ3n) is 2.07. The highest BCUT2D eigenvalue weighted by atomic mass is 127. The van der Waals surface area contributed by atoms with E-state index < -0.39 is 0 Å². The van der Waals surface area contributed by atoms with Crippen LogP contribution >= 0.6 is 81.7 Å². The highest BCUT2D eigenvalue weighted by Crippen LogP contribution is 2.34. The third kappa shape index (κ3) is 3.20. The van der Waals surface area contributed by atoms with Crippen molar-refractivity contribution < 1.29 is 4.79 Å². The van der Waals surface area contributed by atoms with Gasteiger partial charge in [0, 0.05) is 19.2 Å². The molecule has 17 heavy (non-hydrogen) atoms. The van der Waals surface area contributed by atoms with Crippen molar-refractivity contribution in [3.05, 3.63) is 51.0 Å². The van der Waals surface area contributed by atoms with Gasteiger partial charge in [-0.25, -0.2) is 0 Å². The molecule has 1 aromatic heterocycles. The van der Waals surface area contributed by atoms with Crippen LogP contribution in [0.3, 0.4) is 0 Å². The quantitative estimate of drug-likeness (QED) is 0.338. The van der Waals surface area contributed by atoms with Crippen molar-refractivity contribution in [2.45, 2.75) is 0 Å². The molecule has 0 saturated heterocycles. The van der Waals surface area contributed by atoms with Gasteiger partial charge in [0.1, 0.15) is 0 Å². The zero-order valence-corrected chi connectivity index (χ0v) is 15.9. The molecule has 0 bridgehead atoms. The van der Waals surface area contributed by atoms with E-state index in [2.05, 4.69) is 70.4 Å². The number of carbonyl (C=O) groups is 1. The average molecular weight is 551 g/mol. The fourth-order valence-electron chi connectivity index (χ4n) is 1.31. The van der Waals surface area contributed by atoms with Gasteiger partial charge in [0.15, 0.2) is 5.78 Å². The maximum absolute atomic E-state index is 12.4. The Labute approximate surface area is 142 Å². The molecule has 0 amide bonds. The number of thiophene rings is 1. The summed E-state index contributed by atoms with van der Waals surface area (Å²) in [5.41, 5.74) is 1.41. The second kappa shape index (κ2) is 5.81. The Hall–Kier alpha value is 0.760. The molecule has 1 aromatic carbocycles. The van der Waals surface area contributed by atoms with Crippen LogP contribution in [0.5, 0.6) is 0 Å². The van der Waals surface area contributed by atoms with Crippen LogP contribution in [0, 0.1) is 3.57 Å². The van der Waals surface area contributed by atoms with Crippen molar-refractivity contribution in [3.8, 4) is 0 Å². The van der Waals surface area contributed by atoms with E-state index in [4.69, 9.17) is 0 Å². The Morgan fingerprint density at radius 1 is 1.12 bits per heavy atom. The molecule has 0 N–H and O–H groups in total. The number of ketones is 1. The van der Waals surface area contributed by atoms with Gasteiger partial charge in [0.25, 0.3) is 0 Å². The smallest absolute Gasteiger partial charge is 0.196 e. The van der Waals surface area contributed by atoms with Gasteiger partial charge in [-0.1, -0.05) is 15.9 Å². The summed E-state index contributed by atoms with van der Waals surface area (Å²) in [7, 11) is 0. The first-order valence-electron chi connectivity index (χ1n) is 4.43. The highest BCUT2D eigenvalue weighted by Gasteiger charge is 2.18. The predicted octanol–water partition coefficient (Wildman–Crippen LogP) is 5.87. The molecule has 0 spiro atoms. The van der Waals surface area contributed by atoms with Crippen LogP contribution in [0.25, 0.3) is 0 Å². The maximum Gasteiger partial charge on any atom is 0.196 e. The van der Waals surface area contributed by atoms with E-state index in [1.165, 1.54) is 11.3 Å². The van der Waals surface area contributed by atoms with Crippen molar-refractivity contribution in [1.29, 1.82) is 0 Å². The Kier molecular flexibility index (Phi) is 4.85. The molecule has 0 aliphatic heterocycles. The summed E-state index contributed by atoms with van der Waals surface area (Å²) in [6, 6.07) is 7.54. The van der Waals surface area contributed by atoms with E-state index in [9.17, 15) is 4.79 Å². The SMILES string of the molecule is O=C(c1cc(Br)ccc1I)c1cc(Br)sc1Br. The molecule has 0 aliphatic carbocycles. The first-order valence-corrected chi connectivity index (χ1v) is 8.71. The van der Waals surface area contributed by atoms with Gasteiger partial charge in [-0.15, -0.1) is 11.3 Å². The fraction of sp³-hybridized carbons (Fsp3) is 0. The topological polar surface area (TPSA) is 17.1 Å². The van der Waals surface area contributed by atoms with Gasteiger partial charge in [-0.2, -0.15) is 0 Å². The Balaban J connectivity index is 2.50. The van der Waals surface area contributed by atoms with Gasteiger partial charge < -0.3 is 0 Å². The molecule has 0 aliphatic rings. The van der Waals surface area contributed by atoms with E-state index in [0.29, 0.717) is 11.1 Å². The van der Waals surface area contributed by atoms with Crippen molar-refractivity contribution in [1.82, 2.24) is 0 Å². The standard InChI is InChI=1S/C11H4Br3IOS/c12-5-1-2-8(15)6(3-5)10(16)7-4-9(13)17-11(7)14/h1-4H. The van der Waals surface area contributed by atoms with Crippen LogP contribution in [0.4, 0.5) is 0 Å². The minimum Gasteiger partial charge on any atom is -0.288 e. The number of carbonyl (C=O) groups excluding carboxylic acids is 1. The van der Waals surface area contributed by atoms with E-state index in [-0.39, 0.29) is 5.78 Å². The van der Waals surface area contributed by atoms with Gasteiger partial charge in [0.2, 0.25) is 0 Å². The van der Waals surface area contributed by atoms with E-state index in [1.54, 1.807) is 0 Å². The lowest BCUT2D eigenvalue weighted by Gasteiger charge is -2.03.